The quantitative estimate of drug-likeness (QED) is 0.648. The molecule has 19 heavy (non-hydrogen) atoms. The summed E-state index contributed by atoms with van der Waals surface area (Å²) in [7, 11) is 0. The molecule has 7 nitrogen and oxygen atoms in total. The second-order valence-electron chi connectivity index (χ2n) is 4.16. The van der Waals surface area contributed by atoms with Crippen LogP contribution in [-0.4, -0.2) is 39.9 Å². The van der Waals surface area contributed by atoms with Crippen LogP contribution in [0, 0.1) is 21.8 Å². The maximum Gasteiger partial charge on any atom is 0.310 e. The standard InChI is InChI=1S/C11H9FN2O5/c12-7-1-2-8(9(3-7)14(18)19)10(15)13-4-6(5-13)11(16)17/h1-3,6H,4-5H2,(H,16,17). The topological polar surface area (TPSA) is 101 Å². The van der Waals surface area contributed by atoms with E-state index in [0.29, 0.717) is 6.07 Å². The highest BCUT2D eigenvalue weighted by molar-refractivity contribution is 5.99. The number of aliphatic carboxylic acids is 1. The van der Waals surface area contributed by atoms with Crippen molar-refractivity contribution in [3.05, 3.63) is 39.7 Å². The Morgan fingerprint density at radius 3 is 2.58 bits per heavy atom. The molecule has 0 unspecified atom stereocenters. The second kappa shape index (κ2) is 4.63. The molecule has 0 bridgehead atoms. The van der Waals surface area contributed by atoms with E-state index in [4.69, 9.17) is 5.11 Å². The van der Waals surface area contributed by atoms with Gasteiger partial charge in [-0.1, -0.05) is 0 Å². The summed E-state index contributed by atoms with van der Waals surface area (Å²) < 4.78 is 12.9. The van der Waals surface area contributed by atoms with Crippen LogP contribution < -0.4 is 0 Å². The summed E-state index contributed by atoms with van der Waals surface area (Å²) in [6, 6.07) is 2.65. The van der Waals surface area contributed by atoms with Crippen molar-refractivity contribution in [3.8, 4) is 0 Å². The van der Waals surface area contributed by atoms with Gasteiger partial charge in [-0.3, -0.25) is 19.7 Å². The molecule has 0 aromatic heterocycles. The van der Waals surface area contributed by atoms with Crippen LogP contribution >= 0.6 is 0 Å². The number of benzene rings is 1. The van der Waals surface area contributed by atoms with Gasteiger partial charge in [0, 0.05) is 13.1 Å². The Morgan fingerprint density at radius 2 is 2.05 bits per heavy atom. The number of carboxylic acids is 1. The Labute approximate surface area is 106 Å². The Kier molecular flexibility index (Phi) is 3.16. The number of nitro groups is 1. The summed E-state index contributed by atoms with van der Waals surface area (Å²) in [6.45, 7) is 0.00535. The van der Waals surface area contributed by atoms with Crippen molar-refractivity contribution in [1.29, 1.82) is 0 Å². The molecule has 1 N–H and O–H groups in total. The minimum Gasteiger partial charge on any atom is -0.481 e. The third-order valence-electron chi connectivity index (χ3n) is 2.90. The molecular formula is C11H9FN2O5. The highest BCUT2D eigenvalue weighted by Crippen LogP contribution is 2.25. The van der Waals surface area contributed by atoms with E-state index < -0.39 is 34.2 Å². The van der Waals surface area contributed by atoms with Crippen molar-refractivity contribution < 1.29 is 24.0 Å². The molecule has 1 amide bonds. The van der Waals surface area contributed by atoms with Crippen molar-refractivity contribution in [2.45, 2.75) is 0 Å². The number of carbonyl (C=O) groups excluding carboxylic acids is 1. The zero-order valence-electron chi connectivity index (χ0n) is 9.58. The van der Waals surface area contributed by atoms with Gasteiger partial charge in [0.2, 0.25) is 0 Å². The van der Waals surface area contributed by atoms with Gasteiger partial charge in [-0.05, 0) is 12.1 Å². The second-order valence-corrected chi connectivity index (χ2v) is 4.16. The molecule has 1 aliphatic rings. The number of carboxylic acid groups (broad SMARTS) is 1. The van der Waals surface area contributed by atoms with Gasteiger partial charge < -0.3 is 10.0 Å². The van der Waals surface area contributed by atoms with Crippen LogP contribution in [0.15, 0.2) is 18.2 Å². The van der Waals surface area contributed by atoms with E-state index in [0.717, 1.165) is 12.1 Å². The number of rotatable bonds is 3. The van der Waals surface area contributed by atoms with Crippen molar-refractivity contribution in [2.75, 3.05) is 13.1 Å². The number of likely N-dealkylation sites (tertiary alicyclic amines) is 1. The first-order chi connectivity index (χ1) is 8.90. The van der Waals surface area contributed by atoms with Crippen LogP contribution in [0.4, 0.5) is 10.1 Å². The van der Waals surface area contributed by atoms with Crippen LogP contribution in [-0.2, 0) is 4.79 Å². The molecule has 8 heteroatoms. The van der Waals surface area contributed by atoms with E-state index in [2.05, 4.69) is 0 Å². The maximum atomic E-state index is 12.9. The summed E-state index contributed by atoms with van der Waals surface area (Å²) in [5.41, 5.74) is -0.862. The Bertz CT molecular complexity index is 568. The highest BCUT2D eigenvalue weighted by atomic mass is 19.1. The van der Waals surface area contributed by atoms with Crippen LogP contribution in [0.1, 0.15) is 10.4 Å². The molecule has 1 aromatic rings. The molecule has 0 saturated carbocycles. The van der Waals surface area contributed by atoms with E-state index in [1.54, 1.807) is 0 Å². The molecule has 0 aliphatic carbocycles. The smallest absolute Gasteiger partial charge is 0.310 e. The Hall–Kier alpha value is -2.51. The number of halogens is 1. The lowest BCUT2D eigenvalue weighted by Crippen LogP contribution is -2.53. The van der Waals surface area contributed by atoms with Crippen molar-refractivity contribution in [2.24, 2.45) is 5.92 Å². The first-order valence-electron chi connectivity index (χ1n) is 5.36. The Balaban J connectivity index is 2.21. The summed E-state index contributed by atoms with van der Waals surface area (Å²) >= 11 is 0. The van der Waals surface area contributed by atoms with Crippen LogP contribution in [0.3, 0.4) is 0 Å². The molecule has 0 atom stereocenters. The third kappa shape index (κ3) is 2.37. The van der Waals surface area contributed by atoms with Gasteiger partial charge in [0.25, 0.3) is 11.6 Å². The van der Waals surface area contributed by atoms with Gasteiger partial charge in [-0.25, -0.2) is 4.39 Å². The molecule has 1 saturated heterocycles. The van der Waals surface area contributed by atoms with E-state index in [1.165, 1.54) is 4.90 Å². The van der Waals surface area contributed by atoms with E-state index >= 15 is 0 Å². The fraction of sp³-hybridized carbons (Fsp3) is 0.273. The minimum absolute atomic E-state index is 0.00268. The molecule has 2 rings (SSSR count). The fourth-order valence-electron chi connectivity index (χ4n) is 1.81. The summed E-state index contributed by atoms with van der Waals surface area (Å²) in [5, 5.41) is 19.4. The summed E-state index contributed by atoms with van der Waals surface area (Å²) in [4.78, 5) is 33.6. The SMILES string of the molecule is O=C(O)C1CN(C(=O)c2ccc(F)cc2[N+](=O)[O-])C1. The number of hydrogen-bond acceptors (Lipinski definition) is 4. The van der Waals surface area contributed by atoms with Crippen LogP contribution in [0.5, 0.6) is 0 Å². The fourth-order valence-corrected chi connectivity index (χ4v) is 1.81. The first-order valence-corrected chi connectivity index (χ1v) is 5.36. The van der Waals surface area contributed by atoms with Crippen LogP contribution in [0.25, 0.3) is 0 Å². The van der Waals surface area contributed by atoms with Gasteiger partial charge in [0.1, 0.15) is 11.4 Å². The largest absolute Gasteiger partial charge is 0.481 e. The van der Waals surface area contributed by atoms with Crippen molar-refractivity contribution >= 4 is 17.6 Å². The number of amides is 1. The van der Waals surface area contributed by atoms with Crippen LogP contribution in [0.2, 0.25) is 0 Å². The lowest BCUT2D eigenvalue weighted by molar-refractivity contribution is -0.385. The molecule has 1 heterocycles. The van der Waals surface area contributed by atoms with Crippen molar-refractivity contribution in [3.63, 3.8) is 0 Å². The molecule has 0 spiro atoms. The average molecular weight is 268 g/mol. The zero-order valence-corrected chi connectivity index (χ0v) is 9.58. The molecule has 0 radical (unpaired) electrons. The van der Waals surface area contributed by atoms with Gasteiger partial charge in [-0.2, -0.15) is 0 Å². The molecule has 1 aliphatic heterocycles. The van der Waals surface area contributed by atoms with E-state index in [9.17, 15) is 24.1 Å². The number of hydrogen-bond donors (Lipinski definition) is 1. The number of nitrogens with zero attached hydrogens (tertiary/aromatic N) is 2. The highest BCUT2D eigenvalue weighted by Gasteiger charge is 2.37. The molecule has 1 fully saturated rings. The predicted octanol–water partition coefficient (Wildman–Crippen LogP) is 0.891. The third-order valence-corrected chi connectivity index (χ3v) is 2.90. The van der Waals surface area contributed by atoms with Gasteiger partial charge in [0.05, 0.1) is 16.9 Å². The van der Waals surface area contributed by atoms with Gasteiger partial charge >= 0.3 is 5.97 Å². The predicted molar refractivity (Wildman–Crippen MR) is 60.1 cm³/mol. The minimum atomic E-state index is -1.02. The normalized spacial score (nSPS) is 14.9. The molecule has 100 valence electrons. The first kappa shape index (κ1) is 12.9. The van der Waals surface area contributed by atoms with E-state index in [-0.39, 0.29) is 18.7 Å². The Morgan fingerprint density at radius 1 is 1.42 bits per heavy atom. The molecular weight excluding hydrogens is 259 g/mol. The average Bonchev–Trinajstić information content (AvgIpc) is 2.25. The summed E-state index contributed by atoms with van der Waals surface area (Å²) in [5.74, 6) is -3.14. The van der Waals surface area contributed by atoms with Gasteiger partial charge in [0.15, 0.2) is 0 Å². The van der Waals surface area contributed by atoms with Gasteiger partial charge in [-0.15, -0.1) is 0 Å². The summed E-state index contributed by atoms with van der Waals surface area (Å²) in [6.07, 6.45) is 0. The monoisotopic (exact) mass is 268 g/mol. The lowest BCUT2D eigenvalue weighted by atomic mass is 9.99. The number of carbonyl (C=O) groups is 2. The number of nitro benzene ring substituents is 1. The molecule has 1 aromatic carbocycles. The van der Waals surface area contributed by atoms with E-state index in [1.807, 2.05) is 0 Å². The zero-order chi connectivity index (χ0) is 14.2. The lowest BCUT2D eigenvalue weighted by Gasteiger charge is -2.36. The maximum absolute atomic E-state index is 12.9. The van der Waals surface area contributed by atoms with Crippen molar-refractivity contribution in [1.82, 2.24) is 4.90 Å².